The second-order valence-electron chi connectivity index (χ2n) is 4.70. The van der Waals surface area contributed by atoms with E-state index in [1.165, 1.54) is 7.11 Å². The molecule has 0 heterocycles. The highest BCUT2D eigenvalue weighted by Gasteiger charge is 2.22. The molecular formula is C10H19NO4. The first-order valence-electron chi connectivity index (χ1n) is 4.81. The average Bonchev–Trinajstić information content (AvgIpc) is 1.99. The van der Waals surface area contributed by atoms with Gasteiger partial charge in [0.05, 0.1) is 13.5 Å². The summed E-state index contributed by atoms with van der Waals surface area (Å²) < 4.78 is 4.43. The van der Waals surface area contributed by atoms with Gasteiger partial charge in [-0.15, -0.1) is 0 Å². The van der Waals surface area contributed by atoms with Crippen LogP contribution < -0.4 is 5.32 Å². The van der Waals surface area contributed by atoms with Gasteiger partial charge in [-0.25, -0.2) is 4.79 Å². The molecule has 88 valence electrons. The minimum Gasteiger partial charge on any atom is -0.481 e. The van der Waals surface area contributed by atoms with Crippen LogP contribution in [0.1, 0.15) is 33.6 Å². The number of ether oxygens (including phenoxy) is 1. The minimum absolute atomic E-state index is 0.0405. The molecule has 5 nitrogen and oxygen atoms in total. The molecule has 5 heteroatoms. The number of alkyl carbamates (subject to hydrolysis) is 1. The molecule has 0 saturated carbocycles. The SMILES string of the molecule is COC(=O)NC(CC(=O)O)CC(C)(C)C. The molecule has 1 atom stereocenters. The van der Waals surface area contributed by atoms with Gasteiger partial charge in [-0.3, -0.25) is 4.79 Å². The summed E-state index contributed by atoms with van der Waals surface area (Å²) in [5.74, 6) is -0.930. The standard InChI is InChI=1S/C10H19NO4/c1-10(2,3)6-7(5-8(12)13)11-9(14)15-4/h7H,5-6H2,1-4H3,(H,11,14)(H,12,13). The summed E-state index contributed by atoms with van der Waals surface area (Å²) in [6.07, 6.45) is -0.0914. The van der Waals surface area contributed by atoms with Gasteiger partial charge in [-0.1, -0.05) is 20.8 Å². The molecule has 1 unspecified atom stereocenters. The zero-order chi connectivity index (χ0) is 12.1. The van der Waals surface area contributed by atoms with Crippen LogP contribution in [0.3, 0.4) is 0 Å². The second-order valence-corrected chi connectivity index (χ2v) is 4.70. The van der Waals surface area contributed by atoms with E-state index in [0.717, 1.165) is 0 Å². The van der Waals surface area contributed by atoms with E-state index in [9.17, 15) is 9.59 Å². The van der Waals surface area contributed by atoms with Crippen molar-refractivity contribution in [3.8, 4) is 0 Å². The lowest BCUT2D eigenvalue weighted by atomic mass is 9.87. The molecule has 1 amide bonds. The van der Waals surface area contributed by atoms with Crippen LogP contribution in [0.4, 0.5) is 4.79 Å². The highest BCUT2D eigenvalue weighted by molar-refractivity contribution is 5.71. The fraction of sp³-hybridized carbons (Fsp3) is 0.800. The number of hydrogen-bond acceptors (Lipinski definition) is 3. The largest absolute Gasteiger partial charge is 0.481 e. The van der Waals surface area contributed by atoms with Crippen molar-refractivity contribution in [2.45, 2.75) is 39.7 Å². The van der Waals surface area contributed by atoms with Crippen molar-refractivity contribution in [1.82, 2.24) is 5.32 Å². The third-order valence-corrected chi connectivity index (χ3v) is 1.79. The number of methoxy groups -OCH3 is 1. The molecule has 0 bridgehead atoms. The van der Waals surface area contributed by atoms with Crippen LogP contribution in [0.2, 0.25) is 0 Å². The van der Waals surface area contributed by atoms with Crippen molar-refractivity contribution in [1.29, 1.82) is 0 Å². The van der Waals surface area contributed by atoms with Gasteiger partial charge in [0.2, 0.25) is 0 Å². The summed E-state index contributed by atoms with van der Waals surface area (Å²) in [7, 11) is 1.25. The Labute approximate surface area is 89.8 Å². The Morgan fingerprint density at radius 1 is 1.40 bits per heavy atom. The molecule has 0 aromatic heterocycles. The number of carbonyl (C=O) groups excluding carboxylic acids is 1. The van der Waals surface area contributed by atoms with Crippen LogP contribution in [0.25, 0.3) is 0 Å². The van der Waals surface area contributed by atoms with E-state index in [2.05, 4.69) is 10.1 Å². The summed E-state index contributed by atoms with van der Waals surface area (Å²) in [5.41, 5.74) is -0.0405. The Bertz CT molecular complexity index is 232. The normalized spacial score (nSPS) is 13.1. The molecule has 0 aliphatic carbocycles. The molecule has 0 rings (SSSR count). The lowest BCUT2D eigenvalue weighted by Gasteiger charge is -2.25. The summed E-state index contributed by atoms with van der Waals surface area (Å²) >= 11 is 0. The molecule has 0 radical (unpaired) electrons. The van der Waals surface area contributed by atoms with Crippen LogP contribution in [-0.2, 0) is 9.53 Å². The van der Waals surface area contributed by atoms with Gasteiger partial charge in [0.1, 0.15) is 0 Å². The first-order chi connectivity index (χ1) is 6.74. The van der Waals surface area contributed by atoms with Crippen molar-refractivity contribution < 1.29 is 19.4 Å². The summed E-state index contributed by atoms with van der Waals surface area (Å²) in [4.78, 5) is 21.5. The summed E-state index contributed by atoms with van der Waals surface area (Å²) in [6, 6.07) is -0.394. The number of carboxylic acids is 1. The molecule has 0 spiro atoms. The molecule has 0 aliphatic rings. The molecule has 2 N–H and O–H groups in total. The van der Waals surface area contributed by atoms with Crippen molar-refractivity contribution in [2.75, 3.05) is 7.11 Å². The van der Waals surface area contributed by atoms with Gasteiger partial charge in [0.15, 0.2) is 0 Å². The Hall–Kier alpha value is -1.26. The van der Waals surface area contributed by atoms with Crippen molar-refractivity contribution in [3.63, 3.8) is 0 Å². The highest BCUT2D eigenvalue weighted by Crippen LogP contribution is 2.22. The first-order valence-corrected chi connectivity index (χ1v) is 4.81. The number of carboxylic acid groups (broad SMARTS) is 1. The monoisotopic (exact) mass is 217 g/mol. The number of amides is 1. The van der Waals surface area contributed by atoms with Gasteiger partial charge in [0.25, 0.3) is 0 Å². The lowest BCUT2D eigenvalue weighted by Crippen LogP contribution is -2.38. The Morgan fingerprint density at radius 3 is 2.27 bits per heavy atom. The van der Waals surface area contributed by atoms with Crippen molar-refractivity contribution in [3.05, 3.63) is 0 Å². The van der Waals surface area contributed by atoms with Crippen LogP contribution in [0, 0.1) is 5.41 Å². The van der Waals surface area contributed by atoms with Crippen molar-refractivity contribution >= 4 is 12.1 Å². The average molecular weight is 217 g/mol. The Kier molecular flexibility index (Phi) is 5.11. The lowest BCUT2D eigenvalue weighted by molar-refractivity contribution is -0.137. The molecule has 0 aliphatic heterocycles. The second kappa shape index (κ2) is 5.58. The topological polar surface area (TPSA) is 75.6 Å². The minimum atomic E-state index is -0.930. The number of rotatable bonds is 4. The predicted octanol–water partition coefficient (Wildman–Crippen LogP) is 1.62. The number of hydrogen-bond donors (Lipinski definition) is 2. The quantitative estimate of drug-likeness (QED) is 0.750. The number of aliphatic carboxylic acids is 1. The molecular weight excluding hydrogens is 198 g/mol. The maximum Gasteiger partial charge on any atom is 0.407 e. The third-order valence-electron chi connectivity index (χ3n) is 1.79. The van der Waals surface area contributed by atoms with E-state index < -0.39 is 18.1 Å². The zero-order valence-corrected chi connectivity index (χ0v) is 9.66. The summed E-state index contributed by atoms with van der Waals surface area (Å²) in [5, 5.41) is 11.2. The van der Waals surface area contributed by atoms with Crippen LogP contribution >= 0.6 is 0 Å². The maximum absolute atomic E-state index is 11.0. The van der Waals surface area contributed by atoms with E-state index in [4.69, 9.17) is 5.11 Å². The zero-order valence-electron chi connectivity index (χ0n) is 9.66. The van der Waals surface area contributed by atoms with Gasteiger partial charge < -0.3 is 15.2 Å². The first kappa shape index (κ1) is 13.7. The molecule has 0 saturated heterocycles. The van der Waals surface area contributed by atoms with Gasteiger partial charge in [-0.05, 0) is 11.8 Å². The number of nitrogens with one attached hydrogen (secondary N) is 1. The number of carbonyl (C=O) groups is 2. The van der Waals surface area contributed by atoms with E-state index in [1.54, 1.807) is 0 Å². The highest BCUT2D eigenvalue weighted by atomic mass is 16.5. The van der Waals surface area contributed by atoms with Crippen LogP contribution in [0.5, 0.6) is 0 Å². The predicted molar refractivity (Wildman–Crippen MR) is 55.7 cm³/mol. The van der Waals surface area contributed by atoms with E-state index in [0.29, 0.717) is 6.42 Å². The Morgan fingerprint density at radius 2 is 1.93 bits per heavy atom. The van der Waals surface area contributed by atoms with Gasteiger partial charge in [-0.2, -0.15) is 0 Å². The fourth-order valence-corrected chi connectivity index (χ4v) is 1.35. The van der Waals surface area contributed by atoms with E-state index in [1.807, 2.05) is 20.8 Å². The smallest absolute Gasteiger partial charge is 0.407 e. The van der Waals surface area contributed by atoms with Gasteiger partial charge >= 0.3 is 12.1 Å². The molecule has 15 heavy (non-hydrogen) atoms. The molecule has 0 fully saturated rings. The fourth-order valence-electron chi connectivity index (χ4n) is 1.35. The van der Waals surface area contributed by atoms with Crippen LogP contribution in [-0.4, -0.2) is 30.3 Å². The summed E-state index contributed by atoms with van der Waals surface area (Å²) in [6.45, 7) is 5.96. The van der Waals surface area contributed by atoms with Crippen LogP contribution in [0.15, 0.2) is 0 Å². The molecule has 0 aromatic rings. The Balaban J connectivity index is 4.31. The third kappa shape index (κ3) is 7.78. The maximum atomic E-state index is 11.0. The van der Waals surface area contributed by atoms with E-state index >= 15 is 0 Å². The molecule has 0 aromatic carbocycles. The van der Waals surface area contributed by atoms with Gasteiger partial charge in [0, 0.05) is 6.04 Å². The van der Waals surface area contributed by atoms with E-state index in [-0.39, 0.29) is 11.8 Å². The van der Waals surface area contributed by atoms with Crippen molar-refractivity contribution in [2.24, 2.45) is 5.41 Å².